The van der Waals surface area contributed by atoms with Crippen LogP contribution in [0.1, 0.15) is 74.0 Å². The molecule has 2 aromatic rings. The van der Waals surface area contributed by atoms with Gasteiger partial charge in [0.25, 0.3) is 5.91 Å². The molecule has 0 aromatic heterocycles. The van der Waals surface area contributed by atoms with Gasteiger partial charge in [-0.15, -0.1) is 0 Å². The van der Waals surface area contributed by atoms with E-state index in [1.165, 1.54) is 11.3 Å². The third-order valence-corrected chi connectivity index (χ3v) is 6.31. The zero-order chi connectivity index (χ0) is 21.3. The minimum atomic E-state index is -0.198. The van der Waals surface area contributed by atoms with Gasteiger partial charge in [-0.2, -0.15) is 5.10 Å². The zero-order valence-electron chi connectivity index (χ0n) is 18.1. The molecule has 2 aromatic carbocycles. The Kier molecular flexibility index (Phi) is 6.36. The summed E-state index contributed by atoms with van der Waals surface area (Å²) in [5.41, 5.74) is 8.27. The highest BCUT2D eigenvalue weighted by Crippen LogP contribution is 2.45. The van der Waals surface area contributed by atoms with Gasteiger partial charge in [0.2, 0.25) is 0 Å². The number of carbonyl (C=O) groups is 1. The van der Waals surface area contributed by atoms with E-state index in [1.54, 1.807) is 12.3 Å². The van der Waals surface area contributed by atoms with Crippen LogP contribution in [0.15, 0.2) is 41.5 Å². The summed E-state index contributed by atoms with van der Waals surface area (Å²) in [5, 5.41) is 4.22. The molecule has 1 heterocycles. The van der Waals surface area contributed by atoms with Gasteiger partial charge in [0.05, 0.1) is 6.21 Å². The summed E-state index contributed by atoms with van der Waals surface area (Å²) < 4.78 is 1.02. The lowest BCUT2D eigenvalue weighted by molar-refractivity contribution is 0.0955. The Bertz CT molecular complexity index is 949. The molecule has 5 heteroatoms. The van der Waals surface area contributed by atoms with E-state index in [9.17, 15) is 4.79 Å². The molecule has 0 fully saturated rings. The van der Waals surface area contributed by atoms with Gasteiger partial charge in [-0.1, -0.05) is 13.0 Å². The van der Waals surface area contributed by atoms with Crippen LogP contribution in [0.4, 0.5) is 5.69 Å². The van der Waals surface area contributed by atoms with E-state index in [0.717, 1.165) is 21.1 Å². The number of anilines is 1. The first kappa shape index (κ1) is 21.8. The second-order valence-electron chi connectivity index (χ2n) is 8.86. The molecule has 1 atom stereocenters. The SMILES string of the molecule is Cc1cc2c(cc1/C=N\NC(=O)c1cccc(I)c1)[C@@H](C)CC(C)(C)N2C(C)C. The van der Waals surface area contributed by atoms with E-state index in [1.807, 2.05) is 18.2 Å². The number of rotatable bonds is 4. The van der Waals surface area contributed by atoms with Gasteiger partial charge in [0, 0.05) is 26.4 Å². The molecule has 0 bridgehead atoms. The molecule has 1 aliphatic heterocycles. The van der Waals surface area contributed by atoms with Crippen molar-refractivity contribution in [2.24, 2.45) is 5.10 Å². The summed E-state index contributed by atoms with van der Waals surface area (Å²) in [6.45, 7) is 13.6. The molecule has 3 rings (SSSR count). The molecule has 1 aliphatic rings. The number of nitrogens with zero attached hydrogens (tertiary/aromatic N) is 2. The molecule has 4 nitrogen and oxygen atoms in total. The third kappa shape index (κ3) is 4.65. The van der Waals surface area contributed by atoms with E-state index in [2.05, 4.69) is 91.7 Å². The molecule has 29 heavy (non-hydrogen) atoms. The molecule has 0 aliphatic carbocycles. The smallest absolute Gasteiger partial charge is 0.271 e. The summed E-state index contributed by atoms with van der Waals surface area (Å²) in [5.74, 6) is 0.278. The topological polar surface area (TPSA) is 44.7 Å². The minimum absolute atomic E-state index is 0.129. The van der Waals surface area contributed by atoms with Crippen molar-refractivity contribution in [3.05, 3.63) is 62.2 Å². The normalized spacial score (nSPS) is 18.2. The monoisotopic (exact) mass is 503 g/mol. The lowest BCUT2D eigenvalue weighted by Gasteiger charge is -2.50. The van der Waals surface area contributed by atoms with Crippen LogP contribution < -0.4 is 10.3 Å². The van der Waals surface area contributed by atoms with Crippen molar-refractivity contribution in [2.45, 2.75) is 65.5 Å². The number of benzene rings is 2. The highest BCUT2D eigenvalue weighted by atomic mass is 127. The number of carbonyl (C=O) groups excluding carboxylic acids is 1. The van der Waals surface area contributed by atoms with Crippen LogP contribution in [-0.2, 0) is 0 Å². The van der Waals surface area contributed by atoms with Crippen LogP contribution in [-0.4, -0.2) is 23.7 Å². The fourth-order valence-electron chi connectivity index (χ4n) is 4.59. The summed E-state index contributed by atoms with van der Waals surface area (Å²) >= 11 is 2.20. The van der Waals surface area contributed by atoms with Crippen LogP contribution >= 0.6 is 22.6 Å². The van der Waals surface area contributed by atoms with E-state index < -0.39 is 0 Å². The Morgan fingerprint density at radius 2 is 2.03 bits per heavy atom. The first-order valence-corrected chi connectivity index (χ1v) is 11.2. The molecule has 1 N–H and O–H groups in total. The number of hydrogen-bond acceptors (Lipinski definition) is 3. The summed E-state index contributed by atoms with van der Waals surface area (Å²) in [6, 6.07) is 12.4. The van der Waals surface area contributed by atoms with Crippen LogP contribution in [0.2, 0.25) is 0 Å². The molecule has 0 saturated heterocycles. The average molecular weight is 503 g/mol. The van der Waals surface area contributed by atoms with Gasteiger partial charge >= 0.3 is 0 Å². The van der Waals surface area contributed by atoms with Crippen molar-refractivity contribution in [2.75, 3.05) is 4.90 Å². The number of amides is 1. The predicted octanol–water partition coefficient (Wildman–Crippen LogP) is 5.86. The third-order valence-electron chi connectivity index (χ3n) is 5.64. The molecular formula is C24H30IN3O. The maximum atomic E-state index is 12.3. The Morgan fingerprint density at radius 3 is 2.69 bits per heavy atom. The van der Waals surface area contributed by atoms with Gasteiger partial charge in [0.15, 0.2) is 0 Å². The molecule has 0 radical (unpaired) electrons. The summed E-state index contributed by atoms with van der Waals surface area (Å²) in [4.78, 5) is 14.8. The van der Waals surface area contributed by atoms with E-state index in [4.69, 9.17) is 0 Å². The van der Waals surface area contributed by atoms with Crippen molar-refractivity contribution < 1.29 is 4.79 Å². The second-order valence-corrected chi connectivity index (χ2v) is 10.1. The number of fused-ring (bicyclic) bond motifs is 1. The fraction of sp³-hybridized carbons (Fsp3) is 0.417. The van der Waals surface area contributed by atoms with Crippen molar-refractivity contribution in [1.82, 2.24) is 5.43 Å². The van der Waals surface area contributed by atoms with Crippen molar-refractivity contribution in [1.29, 1.82) is 0 Å². The zero-order valence-corrected chi connectivity index (χ0v) is 20.2. The Morgan fingerprint density at radius 1 is 1.31 bits per heavy atom. The maximum Gasteiger partial charge on any atom is 0.271 e. The fourth-order valence-corrected chi connectivity index (χ4v) is 5.13. The maximum absolute atomic E-state index is 12.3. The predicted molar refractivity (Wildman–Crippen MR) is 130 cm³/mol. The lowest BCUT2D eigenvalue weighted by Crippen LogP contribution is -2.51. The van der Waals surface area contributed by atoms with Gasteiger partial charge in [0.1, 0.15) is 0 Å². The number of halogens is 1. The minimum Gasteiger partial charge on any atom is -0.364 e. The number of nitrogens with one attached hydrogen (secondary N) is 1. The average Bonchev–Trinajstić information content (AvgIpc) is 2.61. The molecule has 0 saturated carbocycles. The molecule has 154 valence electrons. The molecule has 1 amide bonds. The highest BCUT2D eigenvalue weighted by molar-refractivity contribution is 14.1. The Labute approximate surface area is 187 Å². The number of hydrazone groups is 1. The van der Waals surface area contributed by atoms with Crippen molar-refractivity contribution in [3.63, 3.8) is 0 Å². The van der Waals surface area contributed by atoms with Crippen molar-refractivity contribution in [3.8, 4) is 0 Å². The Balaban J connectivity index is 1.86. The van der Waals surface area contributed by atoms with Gasteiger partial charge < -0.3 is 4.90 Å². The van der Waals surface area contributed by atoms with E-state index in [0.29, 0.717) is 17.5 Å². The number of aryl methyl sites for hydroxylation is 1. The van der Waals surface area contributed by atoms with Crippen LogP contribution in [0, 0.1) is 10.5 Å². The highest BCUT2D eigenvalue weighted by Gasteiger charge is 2.37. The largest absolute Gasteiger partial charge is 0.364 e. The summed E-state index contributed by atoms with van der Waals surface area (Å²) in [7, 11) is 0. The molecule has 0 unspecified atom stereocenters. The van der Waals surface area contributed by atoms with Gasteiger partial charge in [-0.3, -0.25) is 4.79 Å². The lowest BCUT2D eigenvalue weighted by atomic mass is 9.78. The first-order chi connectivity index (χ1) is 13.6. The molecular weight excluding hydrogens is 473 g/mol. The van der Waals surface area contributed by atoms with Crippen LogP contribution in [0.25, 0.3) is 0 Å². The van der Waals surface area contributed by atoms with Gasteiger partial charge in [-0.05, 0) is 117 Å². The number of hydrogen-bond donors (Lipinski definition) is 1. The quantitative estimate of drug-likeness (QED) is 0.323. The second kappa shape index (κ2) is 8.46. The first-order valence-electron chi connectivity index (χ1n) is 10.1. The summed E-state index contributed by atoms with van der Waals surface area (Å²) in [6.07, 6.45) is 2.87. The molecule has 0 spiro atoms. The van der Waals surface area contributed by atoms with Crippen LogP contribution in [0.3, 0.4) is 0 Å². The van der Waals surface area contributed by atoms with Crippen molar-refractivity contribution >= 4 is 40.4 Å². The van der Waals surface area contributed by atoms with E-state index >= 15 is 0 Å². The van der Waals surface area contributed by atoms with Crippen LogP contribution in [0.5, 0.6) is 0 Å². The van der Waals surface area contributed by atoms with E-state index in [-0.39, 0.29) is 11.4 Å². The standard InChI is InChI=1S/C24H30IN3O/c1-15(2)28-22-10-16(3)19(12-21(22)17(4)13-24(28,5)6)14-26-27-23(29)18-8-7-9-20(25)11-18/h7-12,14-15,17H,13H2,1-6H3,(H,27,29)/b26-14-/t17-/m0/s1. The Hall–Kier alpha value is -1.89. The van der Waals surface area contributed by atoms with Gasteiger partial charge in [-0.25, -0.2) is 5.43 Å².